The van der Waals surface area contributed by atoms with Crippen molar-refractivity contribution in [2.75, 3.05) is 10.6 Å². The van der Waals surface area contributed by atoms with Gasteiger partial charge >= 0.3 is 0 Å². The number of nitrogens with zero attached hydrogens (tertiary/aromatic N) is 3. The van der Waals surface area contributed by atoms with Crippen LogP contribution in [0, 0.1) is 5.92 Å². The molecule has 2 aromatic carbocycles. The Hall–Kier alpha value is -3.90. The van der Waals surface area contributed by atoms with E-state index in [1.807, 2.05) is 19.9 Å². The molecule has 0 radical (unpaired) electrons. The molecule has 2 aliphatic rings. The lowest BCUT2D eigenvalue weighted by Crippen LogP contribution is -2.34. The van der Waals surface area contributed by atoms with Gasteiger partial charge in [0.15, 0.2) is 15.7 Å². The number of ether oxygens (including phenoxy) is 1. The van der Waals surface area contributed by atoms with Crippen LogP contribution in [-0.4, -0.2) is 52.5 Å². The van der Waals surface area contributed by atoms with Crippen LogP contribution in [0.15, 0.2) is 47.5 Å². The maximum atomic E-state index is 13.5. The third kappa shape index (κ3) is 6.25. The number of fused-ring (bicyclic) bond motifs is 1. The molecule has 2 atom stereocenters. The van der Waals surface area contributed by atoms with Gasteiger partial charge in [0.1, 0.15) is 10.8 Å². The number of benzene rings is 2. The van der Waals surface area contributed by atoms with Crippen LogP contribution >= 0.6 is 11.6 Å². The maximum absolute atomic E-state index is 13.5. The van der Waals surface area contributed by atoms with Crippen LogP contribution in [0.2, 0.25) is 5.02 Å². The van der Waals surface area contributed by atoms with Gasteiger partial charge < -0.3 is 26.0 Å². The Morgan fingerprint density at radius 1 is 1.12 bits per heavy atom. The predicted octanol–water partition coefficient (Wildman–Crippen LogP) is 5.20. The van der Waals surface area contributed by atoms with Crippen molar-refractivity contribution in [2.24, 2.45) is 11.7 Å². The molecule has 11 nitrogen and oxygen atoms in total. The number of carbonyl (C=O) groups is 2. The van der Waals surface area contributed by atoms with Crippen LogP contribution in [0.1, 0.15) is 62.9 Å². The van der Waals surface area contributed by atoms with E-state index < -0.39 is 15.1 Å². The molecule has 43 heavy (non-hydrogen) atoms. The number of primary amides is 1. The summed E-state index contributed by atoms with van der Waals surface area (Å²) in [6.45, 7) is 7.47. The van der Waals surface area contributed by atoms with Crippen molar-refractivity contribution in [1.29, 1.82) is 0 Å². The van der Waals surface area contributed by atoms with Crippen molar-refractivity contribution < 1.29 is 22.7 Å². The molecule has 1 aromatic heterocycles. The van der Waals surface area contributed by atoms with Gasteiger partial charge in [0.2, 0.25) is 11.9 Å². The van der Waals surface area contributed by atoms with Crippen LogP contribution in [0.4, 0.5) is 23.1 Å². The first kappa shape index (κ1) is 30.6. The van der Waals surface area contributed by atoms with E-state index in [0.717, 1.165) is 12.0 Å². The zero-order valence-corrected chi connectivity index (χ0v) is 26.0. The third-order valence-electron chi connectivity index (χ3n) is 7.71. The second kappa shape index (κ2) is 12.0. The van der Waals surface area contributed by atoms with E-state index in [9.17, 15) is 18.0 Å². The van der Waals surface area contributed by atoms with Gasteiger partial charge in [-0.3, -0.25) is 9.59 Å². The van der Waals surface area contributed by atoms with Crippen molar-refractivity contribution >= 4 is 56.4 Å². The molecule has 13 heteroatoms. The summed E-state index contributed by atoms with van der Waals surface area (Å²) in [5, 5.41) is 5.77. The summed E-state index contributed by atoms with van der Waals surface area (Å²) in [6, 6.07) is 10.1. The van der Waals surface area contributed by atoms with Gasteiger partial charge in [-0.2, -0.15) is 4.98 Å². The zero-order valence-electron chi connectivity index (χ0n) is 24.4. The molecule has 1 unspecified atom stereocenters. The highest BCUT2D eigenvalue weighted by atomic mass is 35.5. The highest BCUT2D eigenvalue weighted by Gasteiger charge is 2.39. The standard InChI is InChI=1S/C30H35ClN6O5S/c1-16(2)42-25-12-19-15-37(20-10-9-18(11-20)27(32)38)29(39)21(19)13-24(25)35-30-33-14-22(31)28(36-30)34-23-7-5-6-8-26(23)43(40,41)17(3)4/h5-8,12-14,16-18,20H,9-11,15H2,1-4H3,(H2,32,38)(H2,33,34,35,36)/t18-,20?/m0/s1. The number of halogens is 1. The summed E-state index contributed by atoms with van der Waals surface area (Å²) >= 11 is 6.41. The average Bonchev–Trinajstić information content (AvgIpc) is 3.56. The second-order valence-electron chi connectivity index (χ2n) is 11.4. The summed E-state index contributed by atoms with van der Waals surface area (Å²) in [5.41, 5.74) is 7.70. The monoisotopic (exact) mass is 626 g/mol. The van der Waals surface area contributed by atoms with Gasteiger partial charge in [0.05, 0.1) is 33.8 Å². The van der Waals surface area contributed by atoms with Crippen LogP contribution < -0.4 is 21.1 Å². The molecule has 1 fully saturated rings. The molecule has 2 amide bonds. The molecule has 4 N–H and O–H groups in total. The number of sulfone groups is 1. The number of hydrogen-bond acceptors (Lipinski definition) is 9. The fraction of sp³-hybridized carbons (Fsp3) is 0.400. The van der Waals surface area contributed by atoms with E-state index in [1.54, 1.807) is 43.0 Å². The Kier molecular flexibility index (Phi) is 8.53. The van der Waals surface area contributed by atoms with Crippen LogP contribution in [-0.2, 0) is 21.2 Å². The van der Waals surface area contributed by atoms with E-state index >= 15 is 0 Å². The van der Waals surface area contributed by atoms with Crippen molar-refractivity contribution in [1.82, 2.24) is 14.9 Å². The Bertz CT molecular complexity index is 1680. The second-order valence-corrected chi connectivity index (χ2v) is 14.3. The van der Waals surface area contributed by atoms with Crippen LogP contribution in [0.3, 0.4) is 0 Å². The quantitative estimate of drug-likeness (QED) is 0.275. The molecule has 1 aliphatic heterocycles. The smallest absolute Gasteiger partial charge is 0.254 e. The summed E-state index contributed by atoms with van der Waals surface area (Å²) < 4.78 is 32.0. The maximum Gasteiger partial charge on any atom is 0.254 e. The van der Waals surface area contributed by atoms with Crippen molar-refractivity contribution in [3.05, 3.63) is 58.7 Å². The molecule has 0 spiro atoms. The summed E-state index contributed by atoms with van der Waals surface area (Å²) in [7, 11) is -3.59. The summed E-state index contributed by atoms with van der Waals surface area (Å²) in [4.78, 5) is 36.0. The minimum Gasteiger partial charge on any atom is -0.489 e. The van der Waals surface area contributed by atoms with Gasteiger partial charge in [-0.15, -0.1) is 0 Å². The molecule has 2 heterocycles. The number of nitrogens with one attached hydrogen (secondary N) is 2. The van der Waals surface area contributed by atoms with Crippen molar-refractivity contribution in [3.8, 4) is 5.75 Å². The number of anilines is 4. The molecule has 5 rings (SSSR count). The van der Waals surface area contributed by atoms with E-state index in [-0.39, 0.29) is 51.6 Å². The highest BCUT2D eigenvalue weighted by molar-refractivity contribution is 7.92. The Morgan fingerprint density at radius 3 is 2.53 bits per heavy atom. The van der Waals surface area contributed by atoms with Crippen LogP contribution in [0.5, 0.6) is 5.75 Å². The number of hydrogen-bond donors (Lipinski definition) is 3. The lowest BCUT2D eigenvalue weighted by molar-refractivity contribution is -0.121. The zero-order chi connectivity index (χ0) is 31.1. The summed E-state index contributed by atoms with van der Waals surface area (Å²) in [5.74, 6) is 0.212. The van der Waals surface area contributed by atoms with Gasteiger partial charge in [0.25, 0.3) is 5.91 Å². The van der Waals surface area contributed by atoms with Crippen LogP contribution in [0.25, 0.3) is 0 Å². The minimum atomic E-state index is -3.59. The molecular formula is C30H35ClN6O5S. The molecular weight excluding hydrogens is 592 g/mol. The fourth-order valence-electron chi connectivity index (χ4n) is 5.44. The van der Waals surface area contributed by atoms with Crippen molar-refractivity contribution in [3.63, 3.8) is 0 Å². The largest absolute Gasteiger partial charge is 0.489 e. The predicted molar refractivity (Wildman–Crippen MR) is 165 cm³/mol. The number of amides is 2. The minimum absolute atomic E-state index is 0.0566. The first-order valence-corrected chi connectivity index (χ1v) is 16.1. The third-order valence-corrected chi connectivity index (χ3v) is 10.2. The van der Waals surface area contributed by atoms with E-state index in [0.29, 0.717) is 42.1 Å². The lowest BCUT2D eigenvalue weighted by atomic mass is 10.1. The Morgan fingerprint density at radius 2 is 1.86 bits per heavy atom. The Balaban J connectivity index is 1.44. The van der Waals surface area contributed by atoms with E-state index in [2.05, 4.69) is 20.6 Å². The SMILES string of the molecule is CC(C)Oc1cc2c(cc1Nc1ncc(Cl)c(Nc3ccccc3S(=O)(=O)C(C)C)n1)C(=O)N(C1CC[C@H](C(N)=O)C1)C2. The van der Waals surface area contributed by atoms with E-state index in [4.69, 9.17) is 22.1 Å². The summed E-state index contributed by atoms with van der Waals surface area (Å²) in [6.07, 6.45) is 3.21. The van der Waals surface area contributed by atoms with Gasteiger partial charge in [-0.1, -0.05) is 23.7 Å². The molecule has 228 valence electrons. The fourth-order valence-corrected chi connectivity index (χ4v) is 6.78. The first-order valence-electron chi connectivity index (χ1n) is 14.2. The number of rotatable bonds is 10. The normalized spacial score (nSPS) is 18.3. The molecule has 0 saturated heterocycles. The first-order chi connectivity index (χ1) is 20.3. The number of aromatic nitrogens is 2. The highest BCUT2D eigenvalue weighted by Crippen LogP contribution is 2.39. The topological polar surface area (TPSA) is 157 Å². The molecule has 3 aromatic rings. The van der Waals surface area contributed by atoms with Gasteiger partial charge in [0, 0.05) is 24.1 Å². The molecule has 1 aliphatic carbocycles. The number of para-hydroxylation sites is 1. The molecule has 1 saturated carbocycles. The van der Waals surface area contributed by atoms with Gasteiger partial charge in [-0.25, -0.2) is 13.4 Å². The average molecular weight is 627 g/mol. The van der Waals surface area contributed by atoms with Gasteiger partial charge in [-0.05, 0) is 76.8 Å². The lowest BCUT2D eigenvalue weighted by Gasteiger charge is -2.23. The molecule has 0 bridgehead atoms. The van der Waals surface area contributed by atoms with Crippen molar-refractivity contribution in [2.45, 2.75) is 75.8 Å². The number of nitrogens with two attached hydrogens (primary N) is 1. The Labute approximate surface area is 256 Å². The van der Waals surface area contributed by atoms with E-state index in [1.165, 1.54) is 12.3 Å². The number of carbonyl (C=O) groups excluding carboxylic acids is 2.